The highest BCUT2D eigenvalue weighted by atomic mass is 16.2. The van der Waals surface area contributed by atoms with Crippen LogP contribution in [0.15, 0.2) is 42.0 Å². The molecule has 1 aromatic rings. The topological polar surface area (TPSA) is 68.3 Å². The fourth-order valence-electron chi connectivity index (χ4n) is 9.54. The van der Waals surface area contributed by atoms with Gasteiger partial charge in [0.1, 0.15) is 0 Å². The second kappa shape index (κ2) is 7.83. The summed E-state index contributed by atoms with van der Waals surface area (Å²) in [5, 5.41) is 0. The Labute approximate surface area is 221 Å². The van der Waals surface area contributed by atoms with Crippen LogP contribution in [-0.4, -0.2) is 23.1 Å². The summed E-state index contributed by atoms with van der Waals surface area (Å²) in [6.45, 7) is 16.6. The summed E-state index contributed by atoms with van der Waals surface area (Å²) in [6.07, 6.45) is 3.83. The maximum absolute atomic E-state index is 15.2. The summed E-state index contributed by atoms with van der Waals surface area (Å²) in [6, 6.07) is 8.81. The lowest BCUT2D eigenvalue weighted by molar-refractivity contribution is -0.181. The van der Waals surface area contributed by atoms with Gasteiger partial charge in [0.15, 0.2) is 28.5 Å². The highest BCUT2D eigenvalue weighted by Gasteiger charge is 2.86. The lowest BCUT2D eigenvalue weighted by Gasteiger charge is -2.60. The van der Waals surface area contributed by atoms with Crippen LogP contribution < -0.4 is 0 Å². The molecule has 0 aromatic heterocycles. The highest BCUT2D eigenvalue weighted by molar-refractivity contribution is 6.42. The Morgan fingerprint density at radius 3 is 2.14 bits per heavy atom. The van der Waals surface area contributed by atoms with Gasteiger partial charge in [0, 0.05) is 5.56 Å². The minimum atomic E-state index is -1.85. The van der Waals surface area contributed by atoms with Gasteiger partial charge in [-0.15, -0.1) is 0 Å². The van der Waals surface area contributed by atoms with E-state index in [9.17, 15) is 14.4 Å². The first-order valence-corrected chi connectivity index (χ1v) is 14.0. The van der Waals surface area contributed by atoms with Gasteiger partial charge < -0.3 is 0 Å². The Balaban J connectivity index is 1.88. The third-order valence-corrected chi connectivity index (χ3v) is 11.5. The van der Waals surface area contributed by atoms with Crippen LogP contribution in [0.3, 0.4) is 0 Å². The summed E-state index contributed by atoms with van der Waals surface area (Å²) in [7, 11) is 0. The van der Waals surface area contributed by atoms with Crippen molar-refractivity contribution >= 4 is 23.1 Å². The van der Waals surface area contributed by atoms with Gasteiger partial charge in [-0.1, -0.05) is 83.5 Å². The van der Waals surface area contributed by atoms with E-state index < -0.39 is 33.2 Å². The molecule has 1 spiro atoms. The van der Waals surface area contributed by atoms with E-state index >= 15 is 4.79 Å². The molecule has 0 saturated heterocycles. The summed E-state index contributed by atoms with van der Waals surface area (Å²) in [5.74, 6) is -1.22. The molecule has 0 aliphatic heterocycles. The third kappa shape index (κ3) is 2.85. The summed E-state index contributed by atoms with van der Waals surface area (Å²) in [4.78, 5) is 59.7. The van der Waals surface area contributed by atoms with Crippen molar-refractivity contribution in [3.63, 3.8) is 0 Å². The van der Waals surface area contributed by atoms with Gasteiger partial charge in [0.05, 0.1) is 10.8 Å². The van der Waals surface area contributed by atoms with E-state index in [-0.39, 0.29) is 47.1 Å². The second-order valence-electron chi connectivity index (χ2n) is 14.3. The first-order valence-electron chi connectivity index (χ1n) is 14.0. The monoisotopic (exact) mass is 502 g/mol. The predicted molar refractivity (Wildman–Crippen MR) is 144 cm³/mol. The minimum Gasteiger partial charge on any atom is -0.297 e. The van der Waals surface area contributed by atoms with E-state index in [1.807, 2.05) is 39.8 Å². The van der Waals surface area contributed by atoms with Gasteiger partial charge >= 0.3 is 0 Å². The zero-order valence-electron chi connectivity index (χ0n) is 23.7. The zero-order valence-corrected chi connectivity index (χ0v) is 23.7. The van der Waals surface area contributed by atoms with E-state index in [1.165, 1.54) is 0 Å². The number of hydrogen-bond acceptors (Lipinski definition) is 4. The Kier molecular flexibility index (Phi) is 5.56. The molecule has 0 N–H and O–H groups in total. The second-order valence-corrected chi connectivity index (χ2v) is 14.3. The Morgan fingerprint density at radius 2 is 1.57 bits per heavy atom. The van der Waals surface area contributed by atoms with E-state index in [0.717, 1.165) is 5.57 Å². The summed E-state index contributed by atoms with van der Waals surface area (Å²) < 4.78 is 0. The van der Waals surface area contributed by atoms with Crippen LogP contribution in [0.1, 0.15) is 91.4 Å². The van der Waals surface area contributed by atoms with Crippen molar-refractivity contribution in [2.24, 2.45) is 50.7 Å². The van der Waals surface area contributed by atoms with E-state index in [1.54, 1.807) is 24.3 Å². The molecular formula is C33H42O4. The lowest BCUT2D eigenvalue weighted by atomic mass is 9.37. The minimum absolute atomic E-state index is 0.0871. The van der Waals surface area contributed by atoms with Gasteiger partial charge in [0.25, 0.3) is 0 Å². The highest BCUT2D eigenvalue weighted by Crippen LogP contribution is 2.77. The SMILES string of the molecule is CC(C)=CC[C@]12C[C@H]3C[C@@H]4C(C)(C)[C@@H](C(C)C)C[C@@]4(C1=O)C(=O)[C@](C(=O)c1ccccc1)(C2=O)C3(C)C. The van der Waals surface area contributed by atoms with Crippen molar-refractivity contribution in [1.29, 1.82) is 0 Å². The Morgan fingerprint density at radius 1 is 0.946 bits per heavy atom. The van der Waals surface area contributed by atoms with E-state index in [0.29, 0.717) is 24.8 Å². The zero-order chi connectivity index (χ0) is 27.3. The molecule has 1 aromatic carbocycles. The third-order valence-electron chi connectivity index (χ3n) is 11.5. The summed E-state index contributed by atoms with van der Waals surface area (Å²) in [5.41, 5.74) is -4.20. The quantitative estimate of drug-likeness (QED) is 0.256. The number of allylic oxidation sites excluding steroid dienone is 2. The van der Waals surface area contributed by atoms with Gasteiger partial charge in [0.2, 0.25) is 0 Å². The van der Waals surface area contributed by atoms with Crippen molar-refractivity contribution in [2.75, 3.05) is 0 Å². The fourth-order valence-corrected chi connectivity index (χ4v) is 9.54. The standard InChI is InChI=1S/C33H42O4/c1-19(2)14-15-31-17-22-16-24-29(5,6)23(20(3)4)18-32(24,26(31)35)28(37)33(27(31)36,30(22,7)8)25(34)21-12-10-9-11-13-21/h9-14,20,22-24H,15-18H2,1-8H3/t22-,23-,24-,31+,32-,33+/m1/s1. The van der Waals surface area contributed by atoms with Crippen molar-refractivity contribution < 1.29 is 19.2 Å². The lowest BCUT2D eigenvalue weighted by Crippen LogP contribution is -2.75. The van der Waals surface area contributed by atoms with Gasteiger partial charge in [-0.2, -0.15) is 0 Å². The van der Waals surface area contributed by atoms with Crippen LogP contribution in [0.25, 0.3) is 0 Å². The van der Waals surface area contributed by atoms with Crippen molar-refractivity contribution in [3.8, 4) is 0 Å². The van der Waals surface area contributed by atoms with Crippen LogP contribution in [0.2, 0.25) is 0 Å². The number of ketones is 4. The molecule has 6 atom stereocenters. The first kappa shape index (κ1) is 26.3. The van der Waals surface area contributed by atoms with Gasteiger partial charge in [-0.3, -0.25) is 19.2 Å². The predicted octanol–water partition coefficient (Wildman–Crippen LogP) is 6.67. The molecule has 4 nitrogen and oxygen atoms in total. The average molecular weight is 503 g/mol. The molecule has 5 aliphatic carbocycles. The first-order chi connectivity index (χ1) is 17.1. The molecule has 198 valence electrons. The van der Waals surface area contributed by atoms with Crippen molar-refractivity contribution in [3.05, 3.63) is 47.5 Å². The molecule has 5 fully saturated rings. The maximum atomic E-state index is 15.2. The molecule has 4 bridgehead atoms. The fraction of sp³-hybridized carbons (Fsp3) is 0.636. The number of benzene rings is 1. The van der Waals surface area contributed by atoms with Crippen molar-refractivity contribution in [1.82, 2.24) is 0 Å². The van der Waals surface area contributed by atoms with Crippen LogP contribution in [-0.2, 0) is 14.4 Å². The van der Waals surface area contributed by atoms with Gasteiger partial charge in [-0.05, 0) is 74.0 Å². The largest absolute Gasteiger partial charge is 0.297 e. The number of Topliss-reactive ketones (excluding diaryl/α,β-unsaturated/α-hetero) is 4. The smallest absolute Gasteiger partial charge is 0.184 e. The van der Waals surface area contributed by atoms with Crippen LogP contribution in [0.5, 0.6) is 0 Å². The van der Waals surface area contributed by atoms with Crippen LogP contribution in [0, 0.1) is 50.7 Å². The number of rotatable bonds is 5. The van der Waals surface area contributed by atoms with E-state index in [2.05, 4.69) is 27.7 Å². The summed E-state index contributed by atoms with van der Waals surface area (Å²) >= 11 is 0. The Bertz CT molecular complexity index is 1230. The molecule has 5 saturated carbocycles. The van der Waals surface area contributed by atoms with E-state index in [4.69, 9.17) is 0 Å². The molecule has 0 amide bonds. The van der Waals surface area contributed by atoms with Crippen LogP contribution in [0.4, 0.5) is 0 Å². The Hall–Kier alpha value is -2.36. The molecule has 37 heavy (non-hydrogen) atoms. The van der Waals surface area contributed by atoms with Crippen LogP contribution >= 0.6 is 0 Å². The maximum Gasteiger partial charge on any atom is 0.184 e. The molecular weight excluding hydrogens is 460 g/mol. The molecule has 6 rings (SSSR count). The van der Waals surface area contributed by atoms with Crippen molar-refractivity contribution in [2.45, 2.75) is 81.1 Å². The molecule has 0 unspecified atom stereocenters. The number of hydrogen-bond donors (Lipinski definition) is 0. The molecule has 4 heteroatoms. The molecule has 5 aliphatic rings. The number of carbonyl (C=O) groups excluding carboxylic acids is 4. The average Bonchev–Trinajstić information content (AvgIpc) is 2.97. The molecule has 0 heterocycles. The molecule has 0 radical (unpaired) electrons. The van der Waals surface area contributed by atoms with Gasteiger partial charge in [-0.25, -0.2) is 0 Å². The number of carbonyl (C=O) groups is 4. The normalized spacial score (nSPS) is 39.1.